The van der Waals surface area contributed by atoms with E-state index in [-0.39, 0.29) is 29.0 Å². The average molecular weight is 418 g/mol. The molecule has 0 atom stereocenters. The van der Waals surface area contributed by atoms with Crippen LogP contribution in [-0.2, 0) is 16.1 Å². The van der Waals surface area contributed by atoms with Gasteiger partial charge in [-0.25, -0.2) is 4.39 Å². The van der Waals surface area contributed by atoms with E-state index >= 15 is 0 Å². The molecule has 0 fully saturated rings. The van der Waals surface area contributed by atoms with E-state index in [0.29, 0.717) is 16.2 Å². The molecule has 1 aromatic heterocycles. The summed E-state index contributed by atoms with van der Waals surface area (Å²) in [4.78, 5) is 29.1. The first-order valence-electron chi connectivity index (χ1n) is 8.72. The highest BCUT2D eigenvalue weighted by Crippen LogP contribution is 2.24. The van der Waals surface area contributed by atoms with Crippen molar-refractivity contribution in [3.05, 3.63) is 52.6 Å². The molecule has 0 saturated carbocycles. The van der Waals surface area contributed by atoms with Crippen molar-refractivity contribution >= 4 is 33.4 Å². The number of carbonyl (C=O) groups excluding carboxylic acids is 2. The van der Waals surface area contributed by atoms with Crippen LogP contribution < -0.4 is 14.3 Å². The Kier molecular flexibility index (Phi) is 6.28. The van der Waals surface area contributed by atoms with E-state index in [4.69, 9.17) is 14.2 Å². The largest absolute Gasteiger partial charge is 0.497 e. The SMILES string of the molecule is CCOC(=O)Cn1c(=NC(=O)c2cc(OC)cc(OC)c2)sc2cccc(F)c21. The second-order valence-corrected chi connectivity index (χ2v) is 6.89. The highest BCUT2D eigenvalue weighted by atomic mass is 32.1. The summed E-state index contributed by atoms with van der Waals surface area (Å²) in [5.41, 5.74) is 0.433. The molecule has 0 spiro atoms. The van der Waals surface area contributed by atoms with Crippen LogP contribution in [0.5, 0.6) is 11.5 Å². The van der Waals surface area contributed by atoms with Crippen molar-refractivity contribution in [3.8, 4) is 11.5 Å². The molecule has 0 aliphatic carbocycles. The first-order valence-corrected chi connectivity index (χ1v) is 9.54. The lowest BCUT2D eigenvalue weighted by atomic mass is 10.2. The number of thiazole rings is 1. The van der Waals surface area contributed by atoms with Crippen molar-refractivity contribution in [3.63, 3.8) is 0 Å². The highest BCUT2D eigenvalue weighted by Gasteiger charge is 2.16. The molecule has 0 radical (unpaired) electrons. The summed E-state index contributed by atoms with van der Waals surface area (Å²) in [5.74, 6) is -0.770. The Hall–Kier alpha value is -3.20. The number of ether oxygens (including phenoxy) is 3. The van der Waals surface area contributed by atoms with E-state index in [2.05, 4.69) is 4.99 Å². The smallest absolute Gasteiger partial charge is 0.326 e. The van der Waals surface area contributed by atoms with Gasteiger partial charge in [0.25, 0.3) is 5.91 Å². The summed E-state index contributed by atoms with van der Waals surface area (Å²) in [5, 5.41) is 0. The number of hydrogen-bond donors (Lipinski definition) is 0. The Morgan fingerprint density at radius 2 is 1.83 bits per heavy atom. The normalized spacial score (nSPS) is 11.5. The molecule has 3 aromatic rings. The van der Waals surface area contributed by atoms with Crippen molar-refractivity contribution in [2.75, 3.05) is 20.8 Å². The van der Waals surface area contributed by atoms with Crippen LogP contribution in [0.4, 0.5) is 4.39 Å². The monoisotopic (exact) mass is 418 g/mol. The molecule has 2 aromatic carbocycles. The van der Waals surface area contributed by atoms with Crippen molar-refractivity contribution in [1.82, 2.24) is 4.57 Å². The average Bonchev–Trinajstić information content (AvgIpc) is 3.05. The van der Waals surface area contributed by atoms with E-state index in [9.17, 15) is 14.0 Å². The molecule has 3 rings (SSSR count). The van der Waals surface area contributed by atoms with Crippen LogP contribution in [0.1, 0.15) is 17.3 Å². The van der Waals surface area contributed by atoms with Crippen LogP contribution in [0.25, 0.3) is 10.2 Å². The Labute approximate surface area is 170 Å². The number of carbonyl (C=O) groups is 2. The first-order chi connectivity index (χ1) is 14.0. The Morgan fingerprint density at radius 3 is 2.45 bits per heavy atom. The number of aromatic nitrogens is 1. The zero-order chi connectivity index (χ0) is 21.0. The van der Waals surface area contributed by atoms with Crippen molar-refractivity contribution in [2.45, 2.75) is 13.5 Å². The molecule has 0 N–H and O–H groups in total. The van der Waals surface area contributed by atoms with E-state index in [1.807, 2.05) is 0 Å². The van der Waals surface area contributed by atoms with Gasteiger partial charge in [0.1, 0.15) is 23.9 Å². The number of rotatable bonds is 6. The molecule has 0 bridgehead atoms. The van der Waals surface area contributed by atoms with Gasteiger partial charge in [-0.05, 0) is 31.2 Å². The maximum atomic E-state index is 14.4. The summed E-state index contributed by atoms with van der Waals surface area (Å²) in [6.07, 6.45) is 0. The third kappa shape index (κ3) is 4.45. The number of benzene rings is 2. The van der Waals surface area contributed by atoms with Crippen LogP contribution in [0.3, 0.4) is 0 Å². The molecular weight excluding hydrogens is 399 g/mol. The van der Waals surface area contributed by atoms with Gasteiger partial charge < -0.3 is 18.8 Å². The number of methoxy groups -OCH3 is 2. The first kappa shape index (κ1) is 20.5. The fourth-order valence-electron chi connectivity index (χ4n) is 2.74. The standard InChI is InChI=1S/C20H19FN2O5S/c1-4-28-17(24)11-23-18-15(21)6-5-7-16(18)29-20(23)22-19(25)12-8-13(26-2)10-14(9-12)27-3/h5-10H,4,11H2,1-3H3. The second kappa shape index (κ2) is 8.87. The summed E-state index contributed by atoms with van der Waals surface area (Å²) >= 11 is 1.11. The third-order valence-corrected chi connectivity index (χ3v) is 5.08. The summed E-state index contributed by atoms with van der Waals surface area (Å²) < 4.78 is 31.7. The van der Waals surface area contributed by atoms with Gasteiger partial charge in [-0.1, -0.05) is 17.4 Å². The summed E-state index contributed by atoms with van der Waals surface area (Å²) in [6, 6.07) is 9.22. The van der Waals surface area contributed by atoms with Crippen LogP contribution in [0.2, 0.25) is 0 Å². The molecule has 0 saturated heterocycles. The molecule has 1 heterocycles. The molecule has 9 heteroatoms. The predicted molar refractivity (Wildman–Crippen MR) is 106 cm³/mol. The van der Waals surface area contributed by atoms with E-state index in [1.54, 1.807) is 25.1 Å². The molecule has 0 aliphatic heterocycles. The second-order valence-electron chi connectivity index (χ2n) is 5.88. The Bertz CT molecular complexity index is 1110. The van der Waals surface area contributed by atoms with E-state index < -0.39 is 17.7 Å². The molecule has 152 valence electrons. The lowest BCUT2D eigenvalue weighted by molar-refractivity contribution is -0.143. The predicted octanol–water partition coefficient (Wildman–Crippen LogP) is 3.16. The minimum Gasteiger partial charge on any atom is -0.497 e. The number of esters is 1. The zero-order valence-corrected chi connectivity index (χ0v) is 16.9. The number of nitrogens with zero attached hydrogens (tertiary/aromatic N) is 2. The van der Waals surface area contributed by atoms with Gasteiger partial charge in [0.2, 0.25) is 0 Å². The van der Waals surface area contributed by atoms with Gasteiger partial charge in [-0.2, -0.15) is 4.99 Å². The lowest BCUT2D eigenvalue weighted by Crippen LogP contribution is -2.23. The van der Waals surface area contributed by atoms with Crippen LogP contribution in [0.15, 0.2) is 41.4 Å². The lowest BCUT2D eigenvalue weighted by Gasteiger charge is -2.07. The van der Waals surface area contributed by atoms with Crippen molar-refractivity contribution < 1.29 is 28.2 Å². The summed E-state index contributed by atoms with van der Waals surface area (Å²) in [6.45, 7) is 1.61. The van der Waals surface area contributed by atoms with Gasteiger partial charge in [0.05, 0.1) is 31.0 Å². The number of hydrogen-bond acceptors (Lipinski definition) is 6. The molecule has 1 amide bonds. The molecule has 0 aliphatic rings. The quantitative estimate of drug-likeness (QED) is 0.575. The number of amides is 1. The maximum absolute atomic E-state index is 14.4. The minimum atomic E-state index is -0.577. The molecule has 7 nitrogen and oxygen atoms in total. The van der Waals surface area contributed by atoms with Gasteiger partial charge >= 0.3 is 5.97 Å². The third-order valence-electron chi connectivity index (χ3n) is 4.04. The van der Waals surface area contributed by atoms with Crippen LogP contribution in [-0.4, -0.2) is 37.3 Å². The van der Waals surface area contributed by atoms with E-state index in [1.165, 1.54) is 37.0 Å². The molecule has 29 heavy (non-hydrogen) atoms. The van der Waals surface area contributed by atoms with Crippen molar-refractivity contribution in [1.29, 1.82) is 0 Å². The van der Waals surface area contributed by atoms with Gasteiger partial charge in [-0.3, -0.25) is 9.59 Å². The van der Waals surface area contributed by atoms with Gasteiger partial charge in [0, 0.05) is 11.6 Å². The van der Waals surface area contributed by atoms with E-state index in [0.717, 1.165) is 11.3 Å². The minimum absolute atomic E-state index is 0.185. The van der Waals surface area contributed by atoms with Crippen LogP contribution in [0, 0.1) is 5.82 Å². The van der Waals surface area contributed by atoms with Crippen LogP contribution >= 0.6 is 11.3 Å². The molecular formula is C20H19FN2O5S. The number of fused-ring (bicyclic) bond motifs is 1. The van der Waals surface area contributed by atoms with Gasteiger partial charge in [-0.15, -0.1) is 0 Å². The summed E-state index contributed by atoms with van der Waals surface area (Å²) in [7, 11) is 2.95. The molecule has 0 unspecified atom stereocenters. The van der Waals surface area contributed by atoms with Gasteiger partial charge in [0.15, 0.2) is 4.80 Å². The maximum Gasteiger partial charge on any atom is 0.326 e. The Balaban J connectivity index is 2.13. The Morgan fingerprint density at radius 1 is 1.14 bits per heavy atom. The highest BCUT2D eigenvalue weighted by molar-refractivity contribution is 7.16. The number of halogens is 1. The number of para-hydroxylation sites is 1. The topological polar surface area (TPSA) is 79.1 Å². The zero-order valence-electron chi connectivity index (χ0n) is 16.1. The fourth-order valence-corrected chi connectivity index (χ4v) is 3.78. The fraction of sp³-hybridized carbons (Fsp3) is 0.250. The van der Waals surface area contributed by atoms with Crippen molar-refractivity contribution in [2.24, 2.45) is 4.99 Å².